The van der Waals surface area contributed by atoms with Gasteiger partial charge in [-0.2, -0.15) is 0 Å². The van der Waals surface area contributed by atoms with E-state index in [9.17, 15) is 0 Å². The first kappa shape index (κ1) is 81.6. The zero-order valence-corrected chi connectivity index (χ0v) is 77.1. The van der Waals surface area contributed by atoms with Crippen molar-refractivity contribution in [3.8, 4) is 44.5 Å². The normalized spacial score (nSPS) is 13.7. The van der Waals surface area contributed by atoms with E-state index >= 15 is 0 Å². The standard InChI is InChI=1S/C37H25NO.C37H25NS.C27H21NO.C27H21NS/c2*1-3-13-25(14-4-1)37(26-15-5-2-6-16-26)31-21-9-7-17-27(31)29-19-11-22-32(35(29)37)38-33-23-12-20-30-28-18-8-10-24-34(28)39-36(30)33;2*1-27(2)21-13-5-3-9-17(21)19-11-7-14-22(25(19)27)28-23-15-8-12-20-18-10-4-6-16-24(18)29-26(20)23/h2*1-24,38H;2*3-16,28H,1-2H3. The van der Waals surface area contributed by atoms with Crippen molar-refractivity contribution in [3.63, 3.8) is 0 Å². The minimum atomic E-state index is -0.472. The van der Waals surface area contributed by atoms with E-state index in [0.29, 0.717) is 0 Å². The summed E-state index contributed by atoms with van der Waals surface area (Å²) in [5.41, 5.74) is 37.6. The first-order valence-corrected chi connectivity index (χ1v) is 48.5. The minimum Gasteiger partial charge on any atom is -0.454 e. The predicted molar refractivity (Wildman–Crippen MR) is 575 cm³/mol. The van der Waals surface area contributed by atoms with Crippen LogP contribution in [-0.2, 0) is 21.7 Å². The largest absolute Gasteiger partial charge is 0.454 e. The number of benzene rings is 20. The van der Waals surface area contributed by atoms with E-state index < -0.39 is 10.8 Å². The lowest BCUT2D eigenvalue weighted by molar-refractivity contribution is 0.661. The Morgan fingerprint density at radius 3 is 0.794 bits per heavy atom. The van der Waals surface area contributed by atoms with E-state index in [2.05, 4.69) is 486 Å². The molecule has 0 amide bonds. The molecule has 20 aromatic carbocycles. The molecular formula is C128H92N4O2S2. The van der Waals surface area contributed by atoms with Crippen LogP contribution in [0.25, 0.3) is 129 Å². The highest BCUT2D eigenvalue weighted by molar-refractivity contribution is 7.26. The van der Waals surface area contributed by atoms with Crippen LogP contribution in [0, 0.1) is 0 Å². The smallest absolute Gasteiger partial charge is 0.158 e. The summed E-state index contributed by atoms with van der Waals surface area (Å²) in [4.78, 5) is 0. The van der Waals surface area contributed by atoms with Gasteiger partial charge in [-0.05, 0) is 173 Å². The van der Waals surface area contributed by atoms with Gasteiger partial charge < -0.3 is 30.1 Å². The maximum absolute atomic E-state index is 6.40. The zero-order chi connectivity index (χ0) is 90.8. The maximum Gasteiger partial charge on any atom is 0.158 e. The molecule has 0 saturated carbocycles. The van der Waals surface area contributed by atoms with Gasteiger partial charge in [-0.1, -0.05) is 416 Å². The van der Waals surface area contributed by atoms with Crippen LogP contribution >= 0.6 is 22.7 Å². The lowest BCUT2D eigenvalue weighted by atomic mass is 9.67. The fourth-order valence-corrected chi connectivity index (χ4v) is 25.4. The second-order valence-corrected chi connectivity index (χ2v) is 39.0. The van der Waals surface area contributed by atoms with Gasteiger partial charge in [0, 0.05) is 97.2 Å². The third-order valence-electron chi connectivity index (χ3n) is 28.8. The Balaban J connectivity index is 0.0000000975. The summed E-state index contributed by atoms with van der Waals surface area (Å²) in [6, 6.07) is 165. The highest BCUT2D eigenvalue weighted by Gasteiger charge is 2.50. The van der Waals surface area contributed by atoms with Gasteiger partial charge in [-0.25, -0.2) is 0 Å². The van der Waals surface area contributed by atoms with Gasteiger partial charge in [0.2, 0.25) is 0 Å². The Kier molecular flexibility index (Phi) is 19.7. The zero-order valence-electron chi connectivity index (χ0n) is 75.5. The van der Waals surface area contributed by atoms with E-state index in [-0.39, 0.29) is 10.8 Å². The molecule has 6 nitrogen and oxygen atoms in total. The molecule has 0 bridgehead atoms. The van der Waals surface area contributed by atoms with Gasteiger partial charge in [0.15, 0.2) is 11.2 Å². The Labute approximate surface area is 798 Å². The number of furan rings is 2. The number of hydrogen-bond donors (Lipinski definition) is 4. The summed E-state index contributed by atoms with van der Waals surface area (Å²) in [6.45, 7) is 9.29. The fraction of sp³-hybridized carbons (Fsp3) is 0.0625. The summed E-state index contributed by atoms with van der Waals surface area (Å²) in [5, 5.41) is 25.1. The second kappa shape index (κ2) is 32.8. The summed E-state index contributed by atoms with van der Waals surface area (Å²) in [5.74, 6) is 0. The van der Waals surface area contributed by atoms with E-state index in [1.807, 2.05) is 46.9 Å². The molecule has 0 atom stereocenters. The summed E-state index contributed by atoms with van der Waals surface area (Å²) < 4.78 is 17.9. The van der Waals surface area contributed by atoms with Gasteiger partial charge in [-0.15, -0.1) is 22.7 Å². The Bertz CT molecular complexity index is 8230. The van der Waals surface area contributed by atoms with Crippen molar-refractivity contribution in [2.75, 3.05) is 21.3 Å². The van der Waals surface area contributed by atoms with Crippen LogP contribution in [0.4, 0.5) is 45.5 Å². The fourth-order valence-electron chi connectivity index (χ4n) is 23.1. The van der Waals surface area contributed by atoms with Crippen molar-refractivity contribution >= 4 is 152 Å². The van der Waals surface area contributed by atoms with Crippen LogP contribution in [0.5, 0.6) is 0 Å². The third-order valence-corrected chi connectivity index (χ3v) is 31.2. The highest BCUT2D eigenvalue weighted by atomic mass is 32.1. The SMILES string of the molecule is CC1(C)c2ccccc2-c2cccc(Nc3cccc4c3oc3ccccc34)c21.CC1(C)c2ccccc2-c2cccc(Nc3cccc4c3sc3ccccc34)c21.c1ccc(C2(c3ccccc3)c3ccccc3-c3cccc(Nc4cccc5c4oc4ccccc45)c32)cc1.c1ccc(C2(c3ccccc3)c3ccccc3-c3cccc(Nc4cccc5c4sc4ccccc45)c32)cc1. The highest BCUT2D eigenvalue weighted by Crippen LogP contribution is 2.62. The molecule has 648 valence electrons. The third kappa shape index (κ3) is 12.9. The molecule has 0 fully saturated rings. The first-order valence-electron chi connectivity index (χ1n) is 46.8. The van der Waals surface area contributed by atoms with E-state index in [1.54, 1.807) is 0 Å². The van der Waals surface area contributed by atoms with Crippen LogP contribution in [-0.4, -0.2) is 0 Å². The molecule has 4 aliphatic rings. The molecule has 136 heavy (non-hydrogen) atoms. The van der Waals surface area contributed by atoms with Crippen molar-refractivity contribution in [3.05, 3.63) is 528 Å². The number of thiophene rings is 2. The molecule has 0 unspecified atom stereocenters. The summed E-state index contributed by atoms with van der Waals surface area (Å²) >= 11 is 3.72. The molecule has 8 heteroatoms. The van der Waals surface area contributed by atoms with E-state index in [1.165, 1.54) is 163 Å². The quantitative estimate of drug-likeness (QED) is 0.0977. The van der Waals surface area contributed by atoms with E-state index in [0.717, 1.165) is 78.0 Å². The van der Waals surface area contributed by atoms with Crippen LogP contribution < -0.4 is 21.3 Å². The lowest BCUT2D eigenvalue weighted by Gasteiger charge is -2.35. The van der Waals surface area contributed by atoms with Crippen LogP contribution in [0.2, 0.25) is 0 Å². The number of rotatable bonds is 12. The molecular weight excluding hydrogens is 1690 g/mol. The van der Waals surface area contributed by atoms with Gasteiger partial charge in [-0.3, -0.25) is 0 Å². The number of para-hydroxylation sites is 4. The molecule has 0 saturated heterocycles. The molecule has 0 aliphatic heterocycles. The number of anilines is 8. The van der Waals surface area contributed by atoms with E-state index in [4.69, 9.17) is 8.83 Å². The van der Waals surface area contributed by atoms with Gasteiger partial charge >= 0.3 is 0 Å². The van der Waals surface area contributed by atoms with Crippen LogP contribution in [0.3, 0.4) is 0 Å². The Morgan fingerprint density at radius 1 is 0.184 bits per heavy atom. The molecule has 4 N–H and O–H groups in total. The number of hydrogen-bond acceptors (Lipinski definition) is 8. The predicted octanol–water partition coefficient (Wildman–Crippen LogP) is 35.6. The van der Waals surface area contributed by atoms with Gasteiger partial charge in [0.25, 0.3) is 0 Å². The van der Waals surface area contributed by atoms with Crippen molar-refractivity contribution in [2.45, 2.75) is 49.4 Å². The van der Waals surface area contributed by atoms with Gasteiger partial charge in [0.05, 0.1) is 43.0 Å². The van der Waals surface area contributed by atoms with Crippen LogP contribution in [0.1, 0.15) is 94.5 Å². The molecule has 24 aromatic rings. The van der Waals surface area contributed by atoms with Crippen molar-refractivity contribution in [1.29, 1.82) is 0 Å². The minimum absolute atomic E-state index is 0.0242. The Hall–Kier alpha value is -16.4. The van der Waals surface area contributed by atoms with Gasteiger partial charge in [0.1, 0.15) is 11.2 Å². The Morgan fingerprint density at radius 2 is 0.426 bits per heavy atom. The van der Waals surface area contributed by atoms with Crippen molar-refractivity contribution in [1.82, 2.24) is 0 Å². The molecule has 4 heterocycles. The monoisotopic (exact) mass is 1780 g/mol. The second-order valence-electron chi connectivity index (χ2n) is 36.9. The average molecular weight is 1780 g/mol. The molecule has 0 radical (unpaired) electrons. The van der Waals surface area contributed by atoms with Crippen molar-refractivity contribution < 1.29 is 8.83 Å². The lowest BCUT2D eigenvalue weighted by Crippen LogP contribution is -2.29. The van der Waals surface area contributed by atoms with Crippen LogP contribution in [0.15, 0.2) is 470 Å². The topological polar surface area (TPSA) is 74.4 Å². The number of fused-ring (bicyclic) bond motifs is 24. The summed E-state index contributed by atoms with van der Waals surface area (Å²) in [7, 11) is 0. The number of nitrogens with one attached hydrogen (secondary N) is 4. The molecule has 28 rings (SSSR count). The van der Waals surface area contributed by atoms with Crippen molar-refractivity contribution in [2.24, 2.45) is 0 Å². The molecule has 4 aliphatic carbocycles. The maximum atomic E-state index is 6.40. The molecule has 0 spiro atoms. The average Bonchev–Trinajstić information content (AvgIpc) is 1.53. The summed E-state index contributed by atoms with van der Waals surface area (Å²) in [6.07, 6.45) is 0. The first-order chi connectivity index (χ1) is 67.0. The molecule has 4 aromatic heterocycles.